The van der Waals surface area contributed by atoms with E-state index in [1.165, 1.54) is 0 Å². The molecule has 1 aliphatic heterocycles. The van der Waals surface area contributed by atoms with Crippen LogP contribution in [0.5, 0.6) is 0 Å². The van der Waals surface area contributed by atoms with Gasteiger partial charge in [-0.25, -0.2) is 4.79 Å². The smallest absolute Gasteiger partial charge is 0.326 e. The van der Waals surface area contributed by atoms with Gasteiger partial charge in [0.1, 0.15) is 18.1 Å². The highest BCUT2D eigenvalue weighted by molar-refractivity contribution is 5.96. The molecule has 0 radical (unpaired) electrons. The fourth-order valence-electron chi connectivity index (χ4n) is 4.60. The maximum atomic E-state index is 13.5. The number of likely N-dealkylation sites (tertiary alicyclic amines) is 1. The van der Waals surface area contributed by atoms with Gasteiger partial charge in [0.25, 0.3) is 0 Å². The van der Waals surface area contributed by atoms with Crippen LogP contribution in [0, 0.1) is 0 Å². The topological polar surface area (TPSA) is 238 Å². The Morgan fingerprint density at radius 1 is 1.05 bits per heavy atom. The predicted molar refractivity (Wildman–Crippen MR) is 137 cm³/mol. The second-order valence-electron chi connectivity index (χ2n) is 9.42. The van der Waals surface area contributed by atoms with E-state index in [0.717, 1.165) is 15.8 Å². The van der Waals surface area contributed by atoms with Crippen molar-refractivity contribution in [2.24, 2.45) is 11.5 Å². The number of H-pyrrole nitrogens is 1. The first-order valence-electron chi connectivity index (χ1n) is 12.4. The van der Waals surface area contributed by atoms with Gasteiger partial charge in [0.2, 0.25) is 23.6 Å². The summed E-state index contributed by atoms with van der Waals surface area (Å²) < 4.78 is 0. The number of aromatic amines is 1. The minimum absolute atomic E-state index is 0.0355. The summed E-state index contributed by atoms with van der Waals surface area (Å²) in [6.07, 6.45) is 1.08. The van der Waals surface area contributed by atoms with Crippen molar-refractivity contribution in [2.75, 3.05) is 6.54 Å². The first kappa shape index (κ1) is 29.1. The number of carbonyl (C=O) groups is 6. The number of primary amides is 1. The normalized spacial score (nSPS) is 17.3. The second-order valence-corrected chi connectivity index (χ2v) is 9.42. The Labute approximate surface area is 223 Å². The van der Waals surface area contributed by atoms with Crippen LogP contribution in [-0.4, -0.2) is 86.4 Å². The van der Waals surface area contributed by atoms with Crippen molar-refractivity contribution in [3.8, 4) is 0 Å². The van der Waals surface area contributed by atoms with Crippen LogP contribution in [0.25, 0.3) is 10.9 Å². The zero-order valence-corrected chi connectivity index (χ0v) is 21.1. The van der Waals surface area contributed by atoms with Crippen molar-refractivity contribution in [3.05, 3.63) is 36.0 Å². The van der Waals surface area contributed by atoms with Gasteiger partial charge in [-0.3, -0.25) is 24.0 Å². The molecule has 1 aliphatic rings. The highest BCUT2D eigenvalue weighted by Gasteiger charge is 2.38. The van der Waals surface area contributed by atoms with Crippen LogP contribution >= 0.6 is 0 Å². The van der Waals surface area contributed by atoms with Crippen molar-refractivity contribution in [2.45, 2.75) is 62.7 Å². The van der Waals surface area contributed by atoms with Crippen molar-refractivity contribution in [1.82, 2.24) is 20.5 Å². The molecule has 1 fully saturated rings. The number of amides is 4. The Morgan fingerprint density at radius 3 is 2.41 bits per heavy atom. The summed E-state index contributed by atoms with van der Waals surface area (Å²) in [4.78, 5) is 77.7. The lowest BCUT2D eigenvalue weighted by Gasteiger charge is -2.28. The molecule has 0 saturated carbocycles. The molecule has 2 heterocycles. The van der Waals surface area contributed by atoms with Gasteiger partial charge in [0, 0.05) is 36.5 Å². The van der Waals surface area contributed by atoms with Crippen LogP contribution in [0.3, 0.4) is 0 Å². The summed E-state index contributed by atoms with van der Waals surface area (Å²) in [5.41, 5.74) is 12.3. The number of hydrogen-bond acceptors (Lipinski definition) is 7. The number of carboxylic acids is 2. The number of fused-ring (bicyclic) bond motifs is 1. The van der Waals surface area contributed by atoms with E-state index in [4.69, 9.17) is 11.5 Å². The average Bonchev–Trinajstić information content (AvgIpc) is 3.53. The summed E-state index contributed by atoms with van der Waals surface area (Å²) in [6.45, 7) is 0.146. The maximum Gasteiger partial charge on any atom is 0.326 e. The third-order valence-corrected chi connectivity index (χ3v) is 6.57. The van der Waals surface area contributed by atoms with Gasteiger partial charge in [-0.1, -0.05) is 18.2 Å². The Balaban J connectivity index is 1.86. The highest BCUT2D eigenvalue weighted by atomic mass is 16.4. The molecule has 0 spiro atoms. The molecule has 9 N–H and O–H groups in total. The number of rotatable bonds is 13. The molecule has 14 heteroatoms. The Hall–Kier alpha value is -4.46. The molecule has 0 aliphatic carbocycles. The number of carboxylic acid groups (broad SMARTS) is 2. The number of aromatic nitrogens is 1. The summed E-state index contributed by atoms with van der Waals surface area (Å²) in [6, 6.07) is 2.21. The Morgan fingerprint density at radius 2 is 1.74 bits per heavy atom. The van der Waals surface area contributed by atoms with Crippen LogP contribution in [0.2, 0.25) is 0 Å². The molecule has 210 valence electrons. The molecule has 14 nitrogen and oxygen atoms in total. The van der Waals surface area contributed by atoms with E-state index in [2.05, 4.69) is 15.6 Å². The molecule has 1 aromatic heterocycles. The summed E-state index contributed by atoms with van der Waals surface area (Å²) in [5.74, 6) is -5.58. The van der Waals surface area contributed by atoms with Gasteiger partial charge in [-0.05, 0) is 30.9 Å². The number of nitrogens with zero attached hydrogens (tertiary/aromatic N) is 1. The lowest BCUT2D eigenvalue weighted by molar-refractivity contribution is -0.150. The largest absolute Gasteiger partial charge is 0.481 e. The van der Waals surface area contributed by atoms with Crippen molar-refractivity contribution >= 4 is 46.5 Å². The van der Waals surface area contributed by atoms with Crippen molar-refractivity contribution < 1.29 is 39.0 Å². The lowest BCUT2D eigenvalue weighted by atomic mass is 10.0. The zero-order valence-electron chi connectivity index (χ0n) is 21.1. The molecular weight excluding hydrogens is 512 g/mol. The maximum absolute atomic E-state index is 13.5. The number of para-hydroxylation sites is 1. The number of nitrogens with two attached hydrogens (primary N) is 2. The standard InChI is InChI=1S/C25H32N6O8/c26-15(11-20(27)32)22(35)30-18(10-13-12-28-16-5-2-1-4-14(13)16)23(36)29-17(7-8-21(33)34)24(37)31-9-3-6-19(31)25(38)39/h1-2,4-5,12,15,17-19,28H,3,6-11,26H2,(H2,27,32)(H,29,36)(H,30,35)(H,33,34)(H,38,39). The molecular formula is C25H32N6O8. The monoisotopic (exact) mass is 544 g/mol. The number of carbonyl (C=O) groups excluding carboxylic acids is 4. The Kier molecular flexibility index (Phi) is 9.60. The van der Waals surface area contributed by atoms with E-state index >= 15 is 0 Å². The molecule has 2 aromatic rings. The third-order valence-electron chi connectivity index (χ3n) is 6.57. The number of hydrogen-bond donors (Lipinski definition) is 7. The van der Waals surface area contributed by atoms with Gasteiger partial charge < -0.3 is 42.2 Å². The Bertz CT molecular complexity index is 1260. The predicted octanol–water partition coefficient (Wildman–Crippen LogP) is -1.18. The van der Waals surface area contributed by atoms with E-state index in [1.54, 1.807) is 12.3 Å². The molecule has 4 unspecified atom stereocenters. The lowest BCUT2D eigenvalue weighted by Crippen LogP contribution is -2.58. The molecule has 0 bridgehead atoms. The van der Waals surface area contributed by atoms with Crippen LogP contribution in [0.1, 0.15) is 37.7 Å². The van der Waals surface area contributed by atoms with E-state index in [1.807, 2.05) is 18.2 Å². The number of aliphatic carboxylic acids is 2. The van der Waals surface area contributed by atoms with E-state index in [9.17, 15) is 39.0 Å². The summed E-state index contributed by atoms with van der Waals surface area (Å²) in [5, 5.41) is 24.4. The van der Waals surface area contributed by atoms with Crippen molar-refractivity contribution in [3.63, 3.8) is 0 Å². The molecule has 39 heavy (non-hydrogen) atoms. The highest BCUT2D eigenvalue weighted by Crippen LogP contribution is 2.21. The zero-order chi connectivity index (χ0) is 28.7. The molecule has 4 atom stereocenters. The molecule has 1 aromatic carbocycles. The minimum atomic E-state index is -1.35. The number of benzene rings is 1. The van der Waals surface area contributed by atoms with E-state index in [-0.39, 0.29) is 25.8 Å². The van der Waals surface area contributed by atoms with Crippen molar-refractivity contribution in [1.29, 1.82) is 0 Å². The van der Waals surface area contributed by atoms with Crippen LogP contribution in [-0.2, 0) is 35.2 Å². The summed E-state index contributed by atoms with van der Waals surface area (Å²) >= 11 is 0. The van der Waals surface area contributed by atoms with Gasteiger partial charge >= 0.3 is 11.9 Å². The number of nitrogens with one attached hydrogen (secondary N) is 3. The van der Waals surface area contributed by atoms with Gasteiger partial charge in [0.05, 0.1) is 12.5 Å². The first-order chi connectivity index (χ1) is 18.5. The van der Waals surface area contributed by atoms with Crippen LogP contribution < -0.4 is 22.1 Å². The van der Waals surface area contributed by atoms with Gasteiger partial charge in [-0.15, -0.1) is 0 Å². The molecule has 1 saturated heterocycles. The van der Waals surface area contributed by atoms with Gasteiger partial charge in [0.15, 0.2) is 0 Å². The fourth-order valence-corrected chi connectivity index (χ4v) is 4.60. The van der Waals surface area contributed by atoms with Gasteiger partial charge in [-0.2, -0.15) is 0 Å². The van der Waals surface area contributed by atoms with Crippen LogP contribution in [0.15, 0.2) is 30.5 Å². The fraction of sp³-hybridized carbons (Fsp3) is 0.440. The third kappa shape index (κ3) is 7.54. The average molecular weight is 545 g/mol. The van der Waals surface area contributed by atoms with Crippen LogP contribution in [0.4, 0.5) is 0 Å². The SMILES string of the molecule is NC(=O)CC(N)C(=O)NC(Cc1c[nH]c2ccccc12)C(=O)NC(CCC(=O)O)C(=O)N1CCCC1C(=O)O. The minimum Gasteiger partial charge on any atom is -0.481 e. The summed E-state index contributed by atoms with van der Waals surface area (Å²) in [7, 11) is 0. The first-order valence-corrected chi connectivity index (χ1v) is 12.4. The molecule has 3 rings (SSSR count). The quantitative estimate of drug-likeness (QED) is 0.160. The van der Waals surface area contributed by atoms with E-state index in [0.29, 0.717) is 12.0 Å². The van der Waals surface area contributed by atoms with E-state index < -0.39 is 72.6 Å². The second kappa shape index (κ2) is 12.9. The molecule has 4 amide bonds.